The molecule has 5 rings (SSSR count). The fourth-order valence-electron chi connectivity index (χ4n) is 5.08. The molecule has 1 N–H and O–H groups in total. The zero-order valence-corrected chi connectivity index (χ0v) is 22.2. The number of rotatable bonds is 7. The van der Waals surface area contributed by atoms with Crippen molar-refractivity contribution in [2.45, 2.75) is 49.7 Å². The van der Waals surface area contributed by atoms with Gasteiger partial charge in [0, 0.05) is 53.7 Å². The van der Waals surface area contributed by atoms with E-state index in [1.54, 1.807) is 18.2 Å². The van der Waals surface area contributed by atoms with Gasteiger partial charge in [-0.25, -0.2) is 18.2 Å². The van der Waals surface area contributed by atoms with Crippen molar-refractivity contribution in [1.82, 2.24) is 15.3 Å². The van der Waals surface area contributed by atoms with Crippen molar-refractivity contribution in [3.8, 4) is 12.3 Å². The van der Waals surface area contributed by atoms with E-state index >= 15 is 0 Å². The highest BCUT2D eigenvalue weighted by molar-refractivity contribution is 6.31. The Morgan fingerprint density at radius 2 is 1.95 bits per heavy atom. The van der Waals surface area contributed by atoms with Crippen LogP contribution in [0.2, 0.25) is 5.02 Å². The number of benzene rings is 1. The number of hydrogen-bond donors (Lipinski definition) is 1. The summed E-state index contributed by atoms with van der Waals surface area (Å²) in [5.74, 6) is -3.08. The molecule has 41 heavy (non-hydrogen) atoms. The number of pyridine rings is 2. The minimum absolute atomic E-state index is 0.00623. The van der Waals surface area contributed by atoms with E-state index in [0.717, 1.165) is 17.2 Å². The summed E-state index contributed by atoms with van der Waals surface area (Å²) >= 11 is 6.48. The quantitative estimate of drug-likeness (QED) is 0.417. The van der Waals surface area contributed by atoms with Crippen LogP contribution in [0.3, 0.4) is 0 Å². The van der Waals surface area contributed by atoms with Gasteiger partial charge in [0.15, 0.2) is 0 Å². The van der Waals surface area contributed by atoms with Gasteiger partial charge < -0.3 is 5.32 Å². The predicted molar refractivity (Wildman–Crippen MR) is 145 cm³/mol. The minimum atomic E-state index is -2.91. The third kappa shape index (κ3) is 5.74. The fourth-order valence-corrected chi connectivity index (χ4v) is 5.32. The summed E-state index contributed by atoms with van der Waals surface area (Å²) in [6.45, 7) is 0. The molecule has 3 heterocycles. The van der Waals surface area contributed by atoms with Crippen LogP contribution < -0.4 is 15.1 Å². The van der Waals surface area contributed by atoms with Crippen LogP contribution in [-0.4, -0.2) is 45.7 Å². The van der Waals surface area contributed by atoms with E-state index in [0.29, 0.717) is 5.56 Å². The van der Waals surface area contributed by atoms with E-state index in [4.69, 9.17) is 18.0 Å². The van der Waals surface area contributed by atoms with Crippen LogP contribution in [0, 0.1) is 18.2 Å². The van der Waals surface area contributed by atoms with Gasteiger partial charge >= 0.3 is 0 Å². The number of carbonyl (C=O) groups excluding carboxylic acids is 3. The van der Waals surface area contributed by atoms with Crippen molar-refractivity contribution in [2.24, 2.45) is 0 Å². The standard InChI is InChI=1S/C29H23ClF3N5O3/c1-2-17-9-10-35-24(11-17)38-23(7-8-25(38)39)28(41)37(20-12-18(31)15-34-16-20)26(21-5-3-4-6-22(21)30)27(40)36-19-13-29(32,33)14-19/h1,3-6,9-12,15-16,19,23,26H,7-8,13-14H2,(H,36,40)/t23-,26-/m0/s1. The first-order chi connectivity index (χ1) is 19.6. The van der Waals surface area contributed by atoms with E-state index in [9.17, 15) is 27.6 Å². The van der Waals surface area contributed by atoms with Gasteiger partial charge in [0.25, 0.3) is 11.8 Å². The molecule has 1 aromatic carbocycles. The van der Waals surface area contributed by atoms with Crippen molar-refractivity contribution >= 4 is 40.8 Å². The molecular formula is C29H23ClF3N5O3. The van der Waals surface area contributed by atoms with Crippen molar-refractivity contribution < 1.29 is 27.6 Å². The van der Waals surface area contributed by atoms with E-state index in [1.165, 1.54) is 35.5 Å². The monoisotopic (exact) mass is 581 g/mol. The van der Waals surface area contributed by atoms with E-state index in [1.807, 2.05) is 0 Å². The number of hydrogen-bond acceptors (Lipinski definition) is 5. The molecule has 1 aliphatic carbocycles. The molecule has 1 saturated heterocycles. The molecule has 2 fully saturated rings. The van der Waals surface area contributed by atoms with Gasteiger partial charge in [0.2, 0.25) is 11.8 Å². The van der Waals surface area contributed by atoms with Gasteiger partial charge in [-0.1, -0.05) is 35.7 Å². The maximum atomic E-state index is 14.5. The Morgan fingerprint density at radius 3 is 2.63 bits per heavy atom. The second kappa shape index (κ2) is 11.2. The molecule has 0 bridgehead atoms. The lowest BCUT2D eigenvalue weighted by Gasteiger charge is -2.39. The number of halogens is 4. The highest BCUT2D eigenvalue weighted by Crippen LogP contribution is 2.39. The SMILES string of the molecule is C#Cc1ccnc(N2C(=O)CC[C@H]2C(=O)N(c2cncc(F)c2)[C@H](C(=O)NC2CC(F)(F)C2)c2ccccc2Cl)c1. The molecule has 3 amide bonds. The Morgan fingerprint density at radius 1 is 1.20 bits per heavy atom. The summed E-state index contributed by atoms with van der Waals surface area (Å²) in [4.78, 5) is 51.5. The Kier molecular flexibility index (Phi) is 7.69. The number of carbonyl (C=O) groups is 3. The second-order valence-corrected chi connectivity index (χ2v) is 10.2. The van der Waals surface area contributed by atoms with Crippen molar-refractivity contribution in [3.63, 3.8) is 0 Å². The summed E-state index contributed by atoms with van der Waals surface area (Å²) < 4.78 is 41.6. The molecule has 12 heteroatoms. The van der Waals surface area contributed by atoms with Crippen LogP contribution in [0.4, 0.5) is 24.7 Å². The fraction of sp³-hybridized carbons (Fsp3) is 0.276. The first kappa shape index (κ1) is 28.1. The molecule has 0 spiro atoms. The van der Waals surface area contributed by atoms with Gasteiger partial charge in [-0.05, 0) is 24.6 Å². The van der Waals surface area contributed by atoms with E-state index < -0.39 is 60.4 Å². The minimum Gasteiger partial charge on any atom is -0.351 e. The van der Waals surface area contributed by atoms with Crippen LogP contribution in [-0.2, 0) is 14.4 Å². The average Bonchev–Trinajstić information content (AvgIpc) is 3.32. The van der Waals surface area contributed by atoms with Crippen molar-refractivity contribution in [2.75, 3.05) is 9.80 Å². The molecule has 1 saturated carbocycles. The highest BCUT2D eigenvalue weighted by atomic mass is 35.5. The molecule has 2 atom stereocenters. The summed E-state index contributed by atoms with van der Waals surface area (Å²) in [6, 6.07) is 6.75. The van der Waals surface area contributed by atoms with Crippen LogP contribution in [0.25, 0.3) is 0 Å². The summed E-state index contributed by atoms with van der Waals surface area (Å²) in [5.41, 5.74) is 0.495. The predicted octanol–water partition coefficient (Wildman–Crippen LogP) is 4.43. The van der Waals surface area contributed by atoms with Crippen molar-refractivity contribution in [3.05, 3.63) is 83.0 Å². The number of terminal acetylenes is 1. The Balaban J connectivity index is 1.61. The first-order valence-corrected chi connectivity index (χ1v) is 13.1. The lowest BCUT2D eigenvalue weighted by Crippen LogP contribution is -2.56. The van der Waals surface area contributed by atoms with E-state index in [-0.39, 0.29) is 34.9 Å². The molecule has 2 aliphatic rings. The topological polar surface area (TPSA) is 95.5 Å². The number of amides is 3. The largest absolute Gasteiger partial charge is 0.351 e. The first-order valence-electron chi connectivity index (χ1n) is 12.7. The number of nitrogens with zero attached hydrogens (tertiary/aromatic N) is 4. The maximum absolute atomic E-state index is 14.5. The third-order valence-corrected chi connectivity index (χ3v) is 7.35. The number of aromatic nitrogens is 2. The molecule has 3 aromatic rings. The Bertz CT molecular complexity index is 1550. The van der Waals surface area contributed by atoms with Crippen molar-refractivity contribution in [1.29, 1.82) is 0 Å². The third-order valence-electron chi connectivity index (χ3n) is 7.00. The molecule has 1 aliphatic heterocycles. The molecule has 2 aromatic heterocycles. The highest BCUT2D eigenvalue weighted by Gasteiger charge is 2.48. The Labute approximate surface area is 238 Å². The Hall–Kier alpha value is -4.43. The smallest absolute Gasteiger partial charge is 0.252 e. The van der Waals surface area contributed by atoms with Gasteiger partial charge in [0.1, 0.15) is 23.7 Å². The molecule has 8 nitrogen and oxygen atoms in total. The normalized spacial score (nSPS) is 18.8. The van der Waals surface area contributed by atoms with Gasteiger partial charge in [-0.15, -0.1) is 6.42 Å². The zero-order chi connectivity index (χ0) is 29.3. The lowest BCUT2D eigenvalue weighted by atomic mass is 9.87. The maximum Gasteiger partial charge on any atom is 0.252 e. The van der Waals surface area contributed by atoms with Crippen LogP contribution in [0.5, 0.6) is 0 Å². The second-order valence-electron chi connectivity index (χ2n) is 9.83. The number of alkyl halides is 2. The van der Waals surface area contributed by atoms with E-state index in [2.05, 4.69) is 21.2 Å². The lowest BCUT2D eigenvalue weighted by molar-refractivity contribution is -0.133. The summed E-state index contributed by atoms with van der Waals surface area (Å²) in [5, 5.41) is 2.68. The summed E-state index contributed by atoms with van der Waals surface area (Å²) in [7, 11) is 0. The average molecular weight is 582 g/mol. The molecule has 210 valence electrons. The van der Waals surface area contributed by atoms with Gasteiger partial charge in [-0.3, -0.25) is 29.2 Å². The molecule has 0 unspecified atom stereocenters. The van der Waals surface area contributed by atoms with Crippen LogP contribution in [0.15, 0.2) is 61.1 Å². The number of anilines is 2. The molecular weight excluding hydrogens is 559 g/mol. The van der Waals surface area contributed by atoms with Crippen LogP contribution >= 0.6 is 11.6 Å². The summed E-state index contributed by atoms with van der Waals surface area (Å²) in [6.07, 6.45) is 7.95. The number of nitrogens with one attached hydrogen (secondary N) is 1. The van der Waals surface area contributed by atoms with Gasteiger partial charge in [0.05, 0.1) is 18.1 Å². The van der Waals surface area contributed by atoms with Gasteiger partial charge in [-0.2, -0.15) is 0 Å². The van der Waals surface area contributed by atoms with Crippen LogP contribution in [0.1, 0.15) is 42.9 Å². The molecule has 0 radical (unpaired) electrons. The zero-order valence-electron chi connectivity index (χ0n) is 21.4.